The van der Waals surface area contributed by atoms with Gasteiger partial charge in [0.05, 0.1) is 12.6 Å². The first-order valence-electron chi connectivity index (χ1n) is 6.57. The maximum absolute atomic E-state index is 13.5. The number of carbonyl (C=O) groups excluding carboxylic acids is 1. The number of halogens is 1. The Hall–Kier alpha value is -0.880. The van der Waals surface area contributed by atoms with Crippen LogP contribution in [0, 0.1) is 0 Å². The standard InChI is InChI=1S/C13H25FN2O3/c1-12(2,3)19-11(17)16-10(6-9(14)7-15)8-18-13(16,4)5/h9-10H,6-8,15H2,1-5H3/t9?,10-/m1/s1. The number of hydrogen-bond donors (Lipinski definition) is 1. The molecule has 2 N–H and O–H groups in total. The van der Waals surface area contributed by atoms with Crippen molar-refractivity contribution < 1.29 is 18.7 Å². The summed E-state index contributed by atoms with van der Waals surface area (Å²) in [5.74, 6) is 0. The normalized spacial score (nSPS) is 24.4. The summed E-state index contributed by atoms with van der Waals surface area (Å²) in [6, 6.07) is -0.344. The smallest absolute Gasteiger partial charge is 0.412 e. The van der Waals surface area contributed by atoms with Crippen molar-refractivity contribution in [1.82, 2.24) is 4.90 Å². The van der Waals surface area contributed by atoms with Gasteiger partial charge in [0.15, 0.2) is 0 Å². The highest BCUT2D eigenvalue weighted by molar-refractivity contribution is 5.69. The summed E-state index contributed by atoms with van der Waals surface area (Å²) >= 11 is 0. The van der Waals surface area contributed by atoms with Crippen molar-refractivity contribution in [3.8, 4) is 0 Å². The molecule has 112 valence electrons. The molecule has 0 aliphatic carbocycles. The van der Waals surface area contributed by atoms with Crippen LogP contribution in [0.4, 0.5) is 9.18 Å². The molecule has 1 unspecified atom stereocenters. The third kappa shape index (κ3) is 4.31. The predicted octanol–water partition coefficient (Wildman–Crippen LogP) is 2.05. The molecule has 0 aromatic heterocycles. The summed E-state index contributed by atoms with van der Waals surface area (Å²) in [6.07, 6.45) is -1.46. The van der Waals surface area contributed by atoms with E-state index in [1.165, 1.54) is 4.90 Å². The first-order chi connectivity index (χ1) is 8.57. The van der Waals surface area contributed by atoms with Gasteiger partial charge in [0, 0.05) is 13.0 Å². The zero-order valence-corrected chi connectivity index (χ0v) is 12.4. The van der Waals surface area contributed by atoms with Gasteiger partial charge in [-0.3, -0.25) is 4.90 Å². The first-order valence-corrected chi connectivity index (χ1v) is 6.57. The molecule has 1 aliphatic heterocycles. The lowest BCUT2D eigenvalue weighted by atomic mass is 10.1. The second kappa shape index (κ2) is 5.63. The molecular formula is C13H25FN2O3. The Bertz CT molecular complexity index is 328. The Morgan fingerprint density at radius 3 is 2.63 bits per heavy atom. The van der Waals surface area contributed by atoms with Crippen molar-refractivity contribution in [2.75, 3.05) is 13.2 Å². The van der Waals surface area contributed by atoms with Crippen LogP contribution in [0.25, 0.3) is 0 Å². The Morgan fingerprint density at radius 1 is 1.58 bits per heavy atom. The van der Waals surface area contributed by atoms with E-state index in [4.69, 9.17) is 15.2 Å². The van der Waals surface area contributed by atoms with E-state index in [0.717, 1.165) is 0 Å². The lowest BCUT2D eigenvalue weighted by molar-refractivity contribution is -0.0631. The zero-order chi connectivity index (χ0) is 14.8. The Balaban J connectivity index is 2.81. The van der Waals surface area contributed by atoms with Crippen LogP contribution in [0.15, 0.2) is 0 Å². The number of carbonyl (C=O) groups is 1. The van der Waals surface area contributed by atoms with Crippen LogP contribution >= 0.6 is 0 Å². The van der Waals surface area contributed by atoms with E-state index in [9.17, 15) is 9.18 Å². The van der Waals surface area contributed by atoms with Crippen molar-refractivity contribution in [3.05, 3.63) is 0 Å². The van der Waals surface area contributed by atoms with Crippen LogP contribution in [0.5, 0.6) is 0 Å². The van der Waals surface area contributed by atoms with Crippen LogP contribution in [0.1, 0.15) is 41.0 Å². The van der Waals surface area contributed by atoms with Gasteiger partial charge in [-0.25, -0.2) is 9.18 Å². The molecule has 0 aromatic carbocycles. The van der Waals surface area contributed by atoms with Gasteiger partial charge < -0.3 is 15.2 Å². The molecule has 19 heavy (non-hydrogen) atoms. The van der Waals surface area contributed by atoms with Crippen LogP contribution in [0.3, 0.4) is 0 Å². The zero-order valence-electron chi connectivity index (χ0n) is 12.4. The van der Waals surface area contributed by atoms with E-state index < -0.39 is 23.6 Å². The molecule has 0 spiro atoms. The summed E-state index contributed by atoms with van der Waals surface area (Å²) < 4.78 is 24.4. The van der Waals surface area contributed by atoms with E-state index in [0.29, 0.717) is 6.61 Å². The van der Waals surface area contributed by atoms with Gasteiger partial charge in [-0.2, -0.15) is 0 Å². The van der Waals surface area contributed by atoms with Crippen molar-refractivity contribution in [2.24, 2.45) is 5.73 Å². The van der Waals surface area contributed by atoms with Crippen molar-refractivity contribution >= 4 is 6.09 Å². The molecule has 1 rings (SSSR count). The van der Waals surface area contributed by atoms with E-state index in [1.54, 1.807) is 34.6 Å². The van der Waals surface area contributed by atoms with E-state index in [1.807, 2.05) is 0 Å². The highest BCUT2D eigenvalue weighted by atomic mass is 19.1. The molecule has 0 saturated carbocycles. The fourth-order valence-electron chi connectivity index (χ4n) is 2.13. The maximum Gasteiger partial charge on any atom is 0.412 e. The Morgan fingerprint density at radius 2 is 2.16 bits per heavy atom. The molecule has 0 radical (unpaired) electrons. The SMILES string of the molecule is CC(C)(C)OC(=O)N1[C@H](CC(F)CN)COC1(C)C. The highest BCUT2D eigenvalue weighted by Gasteiger charge is 2.46. The van der Waals surface area contributed by atoms with Gasteiger partial charge >= 0.3 is 6.09 Å². The number of ether oxygens (including phenoxy) is 2. The minimum Gasteiger partial charge on any atom is -0.444 e. The summed E-state index contributed by atoms with van der Waals surface area (Å²) in [5, 5.41) is 0. The van der Waals surface area contributed by atoms with Gasteiger partial charge in [-0.15, -0.1) is 0 Å². The molecule has 1 fully saturated rings. The highest BCUT2D eigenvalue weighted by Crippen LogP contribution is 2.31. The summed E-state index contributed by atoms with van der Waals surface area (Å²) in [6.45, 7) is 9.16. The van der Waals surface area contributed by atoms with Crippen molar-refractivity contribution in [2.45, 2.75) is 64.6 Å². The molecule has 1 aliphatic rings. The Labute approximate surface area is 114 Å². The maximum atomic E-state index is 13.5. The molecule has 5 nitrogen and oxygen atoms in total. The van der Waals surface area contributed by atoms with Crippen LogP contribution in [-0.4, -0.2) is 47.7 Å². The van der Waals surface area contributed by atoms with E-state index in [-0.39, 0.29) is 19.0 Å². The monoisotopic (exact) mass is 276 g/mol. The molecule has 0 aromatic rings. The van der Waals surface area contributed by atoms with Gasteiger partial charge in [-0.05, 0) is 34.6 Å². The number of rotatable bonds is 3. The fraction of sp³-hybridized carbons (Fsp3) is 0.923. The number of nitrogens with two attached hydrogens (primary N) is 1. The third-order valence-electron chi connectivity index (χ3n) is 2.95. The number of alkyl halides is 1. The molecule has 1 saturated heterocycles. The summed E-state index contributed by atoms with van der Waals surface area (Å²) in [7, 11) is 0. The summed E-state index contributed by atoms with van der Waals surface area (Å²) in [4.78, 5) is 13.7. The average molecular weight is 276 g/mol. The second-order valence-electron chi connectivity index (χ2n) is 6.33. The average Bonchev–Trinajstić information content (AvgIpc) is 2.51. The lowest BCUT2D eigenvalue weighted by Crippen LogP contribution is -2.50. The van der Waals surface area contributed by atoms with Crippen LogP contribution in [-0.2, 0) is 9.47 Å². The van der Waals surface area contributed by atoms with Gasteiger partial charge in [0.25, 0.3) is 0 Å². The second-order valence-corrected chi connectivity index (χ2v) is 6.33. The van der Waals surface area contributed by atoms with Crippen LogP contribution in [0.2, 0.25) is 0 Å². The van der Waals surface area contributed by atoms with E-state index >= 15 is 0 Å². The lowest BCUT2D eigenvalue weighted by Gasteiger charge is -2.35. The summed E-state index contributed by atoms with van der Waals surface area (Å²) in [5.41, 5.74) is 3.91. The Kier molecular flexibility index (Phi) is 4.79. The first kappa shape index (κ1) is 16.2. The molecule has 6 heteroatoms. The van der Waals surface area contributed by atoms with Crippen molar-refractivity contribution in [3.63, 3.8) is 0 Å². The quantitative estimate of drug-likeness (QED) is 0.856. The molecule has 1 amide bonds. The minimum absolute atomic E-state index is 0.0565. The fourth-order valence-corrected chi connectivity index (χ4v) is 2.13. The van der Waals surface area contributed by atoms with E-state index in [2.05, 4.69) is 0 Å². The number of hydrogen-bond acceptors (Lipinski definition) is 4. The topological polar surface area (TPSA) is 64.8 Å². The molecular weight excluding hydrogens is 251 g/mol. The van der Waals surface area contributed by atoms with Crippen LogP contribution < -0.4 is 5.73 Å². The minimum atomic E-state index is -1.15. The van der Waals surface area contributed by atoms with Gasteiger partial charge in [0.1, 0.15) is 17.5 Å². The number of amides is 1. The van der Waals surface area contributed by atoms with Gasteiger partial charge in [-0.1, -0.05) is 0 Å². The van der Waals surface area contributed by atoms with Crippen molar-refractivity contribution in [1.29, 1.82) is 0 Å². The molecule has 2 atom stereocenters. The molecule has 0 bridgehead atoms. The molecule has 1 heterocycles. The number of nitrogens with zero attached hydrogens (tertiary/aromatic N) is 1. The predicted molar refractivity (Wildman–Crippen MR) is 70.5 cm³/mol. The third-order valence-corrected chi connectivity index (χ3v) is 2.95. The van der Waals surface area contributed by atoms with Gasteiger partial charge in [0.2, 0.25) is 0 Å². The largest absolute Gasteiger partial charge is 0.444 e.